The lowest BCUT2D eigenvalue weighted by Gasteiger charge is -2.27. The molecule has 156 valence electrons. The van der Waals surface area contributed by atoms with Gasteiger partial charge in [-0.25, -0.2) is 8.42 Å². The molecule has 2 aromatic rings. The Morgan fingerprint density at radius 1 is 1.10 bits per heavy atom. The Kier molecular flexibility index (Phi) is 6.43. The smallest absolute Gasteiger partial charge is 0.257 e. The second kappa shape index (κ2) is 8.67. The van der Waals surface area contributed by atoms with Crippen molar-refractivity contribution in [2.75, 3.05) is 24.7 Å². The molecule has 2 amide bonds. The highest BCUT2D eigenvalue weighted by molar-refractivity contribution is 7.92. The number of benzene rings is 1. The first-order valence-electron chi connectivity index (χ1n) is 9.68. The minimum absolute atomic E-state index is 0.108. The van der Waals surface area contributed by atoms with E-state index < -0.39 is 21.0 Å². The zero-order valence-corrected chi connectivity index (χ0v) is 18.5. The fraction of sp³-hybridized carbons (Fsp3) is 0.429. The Morgan fingerprint density at radius 2 is 1.72 bits per heavy atom. The van der Waals surface area contributed by atoms with Gasteiger partial charge in [0, 0.05) is 24.2 Å². The van der Waals surface area contributed by atoms with E-state index in [1.807, 2.05) is 42.2 Å². The van der Waals surface area contributed by atoms with Crippen LogP contribution in [-0.4, -0.2) is 49.7 Å². The molecule has 29 heavy (non-hydrogen) atoms. The number of hydrogen-bond donors (Lipinski definition) is 1. The molecule has 1 atom stereocenters. The Balaban J connectivity index is 2.03. The number of thiophene rings is 1. The first kappa shape index (κ1) is 21.5. The maximum atomic E-state index is 13.3. The molecule has 0 bridgehead atoms. The third-order valence-electron chi connectivity index (χ3n) is 5.29. The van der Waals surface area contributed by atoms with E-state index in [-0.39, 0.29) is 5.91 Å². The highest BCUT2D eigenvalue weighted by Gasteiger charge is 2.30. The predicted molar refractivity (Wildman–Crippen MR) is 117 cm³/mol. The molecule has 0 radical (unpaired) electrons. The van der Waals surface area contributed by atoms with Gasteiger partial charge in [0.2, 0.25) is 5.91 Å². The van der Waals surface area contributed by atoms with Crippen molar-refractivity contribution in [1.82, 2.24) is 4.90 Å². The van der Waals surface area contributed by atoms with Crippen molar-refractivity contribution in [3.05, 3.63) is 41.5 Å². The lowest BCUT2D eigenvalue weighted by Crippen LogP contribution is -2.37. The Hall–Kier alpha value is -2.19. The van der Waals surface area contributed by atoms with E-state index in [9.17, 15) is 18.0 Å². The molecule has 1 saturated heterocycles. The van der Waals surface area contributed by atoms with E-state index in [1.165, 1.54) is 18.3 Å². The highest BCUT2D eigenvalue weighted by Crippen LogP contribution is 2.40. The minimum Gasteiger partial charge on any atom is -0.339 e. The van der Waals surface area contributed by atoms with Crippen LogP contribution < -0.4 is 5.32 Å². The van der Waals surface area contributed by atoms with Gasteiger partial charge in [-0.15, -0.1) is 11.3 Å². The van der Waals surface area contributed by atoms with E-state index in [2.05, 4.69) is 5.32 Å². The van der Waals surface area contributed by atoms with Gasteiger partial charge in [-0.1, -0.05) is 30.3 Å². The van der Waals surface area contributed by atoms with Crippen LogP contribution in [0.25, 0.3) is 10.4 Å². The Bertz CT molecular complexity index is 1010. The van der Waals surface area contributed by atoms with Crippen molar-refractivity contribution >= 4 is 38.0 Å². The molecule has 3 rings (SSSR count). The second-order valence-corrected chi connectivity index (χ2v) is 10.8. The topological polar surface area (TPSA) is 83.5 Å². The van der Waals surface area contributed by atoms with Crippen molar-refractivity contribution < 1.29 is 18.0 Å². The normalized spacial score (nSPS) is 15.8. The molecule has 2 heterocycles. The molecule has 1 aromatic carbocycles. The number of carbonyl (C=O) groups is 2. The summed E-state index contributed by atoms with van der Waals surface area (Å²) in [6, 6.07) is 9.68. The molecule has 0 spiro atoms. The summed E-state index contributed by atoms with van der Waals surface area (Å²) in [6.45, 7) is 4.63. The van der Waals surface area contributed by atoms with Crippen LogP contribution in [0.5, 0.6) is 0 Å². The molecule has 1 aliphatic heterocycles. The summed E-state index contributed by atoms with van der Waals surface area (Å²) in [5.41, 5.74) is 2.23. The maximum absolute atomic E-state index is 13.3. The molecule has 6 nitrogen and oxygen atoms in total. The van der Waals surface area contributed by atoms with Gasteiger partial charge in [-0.05, 0) is 44.2 Å². The standard InChI is InChI=1S/C21H26N2O4S2/c1-14-17(21(25)23-12-8-5-9-13-23)20(22-19(24)15(2)29(3,26)27)28-18(14)16-10-6-4-7-11-16/h4,6-7,10-11,15H,5,8-9,12-13H2,1-3H3,(H,22,24). The average Bonchev–Trinajstić information content (AvgIpc) is 3.03. The number of nitrogens with one attached hydrogen (secondary N) is 1. The molecule has 1 unspecified atom stereocenters. The summed E-state index contributed by atoms with van der Waals surface area (Å²) in [5.74, 6) is -0.732. The zero-order valence-electron chi connectivity index (χ0n) is 16.9. The number of hydrogen-bond acceptors (Lipinski definition) is 5. The van der Waals surface area contributed by atoms with Crippen LogP contribution in [0.2, 0.25) is 0 Å². The average molecular weight is 435 g/mol. The fourth-order valence-electron chi connectivity index (χ4n) is 3.39. The van der Waals surface area contributed by atoms with Crippen molar-refractivity contribution in [2.45, 2.75) is 38.4 Å². The Labute approximate surface area is 175 Å². The number of rotatable bonds is 5. The van der Waals surface area contributed by atoms with E-state index in [4.69, 9.17) is 0 Å². The van der Waals surface area contributed by atoms with Gasteiger partial charge in [-0.2, -0.15) is 0 Å². The first-order valence-corrected chi connectivity index (χ1v) is 12.4. The van der Waals surface area contributed by atoms with Crippen LogP contribution >= 0.6 is 11.3 Å². The third kappa shape index (κ3) is 4.70. The molecule has 1 N–H and O–H groups in total. The number of amides is 2. The molecular weight excluding hydrogens is 408 g/mol. The molecule has 1 aromatic heterocycles. The number of nitrogens with zero attached hydrogens (tertiary/aromatic N) is 1. The van der Waals surface area contributed by atoms with Gasteiger partial charge in [0.1, 0.15) is 10.3 Å². The largest absolute Gasteiger partial charge is 0.339 e. The summed E-state index contributed by atoms with van der Waals surface area (Å²) in [6.07, 6.45) is 4.07. The van der Waals surface area contributed by atoms with Gasteiger partial charge in [0.25, 0.3) is 5.91 Å². The van der Waals surface area contributed by atoms with E-state index in [1.54, 1.807) is 0 Å². The monoisotopic (exact) mass is 434 g/mol. The summed E-state index contributed by atoms with van der Waals surface area (Å²) < 4.78 is 23.6. The predicted octanol–water partition coefficient (Wildman–Crippen LogP) is 3.72. The summed E-state index contributed by atoms with van der Waals surface area (Å²) in [7, 11) is -3.53. The number of likely N-dealkylation sites (tertiary alicyclic amines) is 1. The van der Waals surface area contributed by atoms with Crippen molar-refractivity contribution in [1.29, 1.82) is 0 Å². The van der Waals surface area contributed by atoms with Gasteiger partial charge in [0.05, 0.1) is 5.56 Å². The first-order chi connectivity index (χ1) is 13.7. The van der Waals surface area contributed by atoms with E-state index in [0.717, 1.165) is 41.5 Å². The molecule has 0 saturated carbocycles. The van der Waals surface area contributed by atoms with Crippen LogP contribution in [-0.2, 0) is 14.6 Å². The van der Waals surface area contributed by atoms with Crippen molar-refractivity contribution in [3.63, 3.8) is 0 Å². The molecule has 1 fully saturated rings. The Morgan fingerprint density at radius 3 is 2.31 bits per heavy atom. The van der Waals surface area contributed by atoms with Gasteiger partial charge < -0.3 is 10.2 Å². The summed E-state index contributed by atoms with van der Waals surface area (Å²) >= 11 is 1.31. The highest BCUT2D eigenvalue weighted by atomic mass is 32.2. The number of sulfone groups is 1. The fourth-order valence-corrected chi connectivity index (χ4v) is 5.04. The summed E-state index contributed by atoms with van der Waals surface area (Å²) in [5, 5.41) is 1.94. The lowest BCUT2D eigenvalue weighted by molar-refractivity contribution is -0.115. The quantitative estimate of drug-likeness (QED) is 0.777. The third-order valence-corrected chi connectivity index (χ3v) is 8.04. The molecule has 8 heteroatoms. The van der Waals surface area contributed by atoms with Gasteiger partial charge in [-0.3, -0.25) is 9.59 Å². The van der Waals surface area contributed by atoms with Crippen LogP contribution in [0.3, 0.4) is 0 Å². The van der Waals surface area contributed by atoms with Crippen molar-refractivity contribution in [2.24, 2.45) is 0 Å². The number of anilines is 1. The van der Waals surface area contributed by atoms with Crippen LogP contribution in [0.1, 0.15) is 42.1 Å². The lowest BCUT2D eigenvalue weighted by atomic mass is 10.0. The maximum Gasteiger partial charge on any atom is 0.257 e. The summed E-state index contributed by atoms with van der Waals surface area (Å²) in [4.78, 5) is 28.6. The van der Waals surface area contributed by atoms with Crippen LogP contribution in [0.15, 0.2) is 30.3 Å². The molecule has 0 aliphatic carbocycles. The number of carbonyl (C=O) groups excluding carboxylic acids is 2. The van der Waals surface area contributed by atoms with Crippen molar-refractivity contribution in [3.8, 4) is 10.4 Å². The zero-order chi connectivity index (χ0) is 21.2. The molecule has 1 aliphatic rings. The van der Waals surface area contributed by atoms with Crippen LogP contribution in [0.4, 0.5) is 5.00 Å². The van der Waals surface area contributed by atoms with Gasteiger partial charge >= 0.3 is 0 Å². The minimum atomic E-state index is -3.53. The van der Waals surface area contributed by atoms with Crippen LogP contribution in [0, 0.1) is 6.92 Å². The SMILES string of the molecule is Cc1c(-c2ccccc2)sc(NC(=O)C(C)S(C)(=O)=O)c1C(=O)N1CCCCC1. The second-order valence-electron chi connectivity index (χ2n) is 7.44. The molecular formula is C21H26N2O4S2. The van der Waals surface area contributed by atoms with Gasteiger partial charge in [0.15, 0.2) is 9.84 Å². The van der Waals surface area contributed by atoms with E-state index in [0.29, 0.717) is 23.7 Å². The number of piperidine rings is 1. The van der Waals surface area contributed by atoms with E-state index >= 15 is 0 Å².